The number of fused-ring (bicyclic) bond motifs is 2. The van der Waals surface area contributed by atoms with Crippen molar-refractivity contribution in [3.8, 4) is 22.3 Å². The molecule has 2 heterocycles. The number of anilines is 1. The summed E-state index contributed by atoms with van der Waals surface area (Å²) in [7, 11) is 4.03. The van der Waals surface area contributed by atoms with Crippen molar-refractivity contribution in [3.05, 3.63) is 119 Å². The molecule has 0 saturated heterocycles. The van der Waals surface area contributed by atoms with Gasteiger partial charge in [0.25, 0.3) is 0 Å². The highest BCUT2D eigenvalue weighted by atomic mass is 35.5. The minimum absolute atomic E-state index is 0.404. The van der Waals surface area contributed by atoms with Gasteiger partial charge in [-0.2, -0.15) is 5.10 Å². The highest BCUT2D eigenvalue weighted by Gasteiger charge is 2.14. The summed E-state index contributed by atoms with van der Waals surface area (Å²) in [5, 5.41) is 11.3. The first-order chi connectivity index (χ1) is 18.5. The molecular formula is C32H24ClN3O2. The van der Waals surface area contributed by atoms with Gasteiger partial charge in [0.2, 0.25) is 5.55 Å². The van der Waals surface area contributed by atoms with Gasteiger partial charge in [0, 0.05) is 53.3 Å². The van der Waals surface area contributed by atoms with Crippen LogP contribution in [0.3, 0.4) is 0 Å². The second kappa shape index (κ2) is 10.0. The summed E-state index contributed by atoms with van der Waals surface area (Å²) in [6.45, 7) is 0. The minimum atomic E-state index is 0.404. The first kappa shape index (κ1) is 23.8. The lowest BCUT2D eigenvalue weighted by atomic mass is 9.98. The van der Waals surface area contributed by atoms with Crippen LogP contribution < -0.4 is 10.5 Å². The van der Waals surface area contributed by atoms with Crippen LogP contribution in [0.2, 0.25) is 5.02 Å². The van der Waals surface area contributed by atoms with Crippen molar-refractivity contribution in [3.63, 3.8) is 0 Å². The average Bonchev–Trinajstić information content (AvgIpc) is 3.35. The summed E-state index contributed by atoms with van der Waals surface area (Å²) < 4.78 is 12.1. The van der Waals surface area contributed by atoms with Crippen molar-refractivity contribution in [2.75, 3.05) is 19.0 Å². The molecule has 6 rings (SSSR count). The molecule has 0 amide bonds. The average molecular weight is 518 g/mol. The fourth-order valence-electron chi connectivity index (χ4n) is 4.46. The SMILES string of the molecule is CN(C)c1ccc(/C=N/N=c2/cc(-c3ccccc3)c3cc4c(-c5ccc(Cl)cc5)coc4cc3o2)cc1. The Hall–Kier alpha value is -4.61. The third kappa shape index (κ3) is 4.72. The molecule has 0 aliphatic heterocycles. The third-order valence-electron chi connectivity index (χ3n) is 6.46. The summed E-state index contributed by atoms with van der Waals surface area (Å²) in [5.41, 5.74) is 7.97. The number of rotatable bonds is 5. The lowest BCUT2D eigenvalue weighted by Gasteiger charge is -2.11. The van der Waals surface area contributed by atoms with Crippen LogP contribution in [0.15, 0.2) is 122 Å². The highest BCUT2D eigenvalue weighted by molar-refractivity contribution is 6.30. The number of benzene rings is 4. The van der Waals surface area contributed by atoms with E-state index in [4.69, 9.17) is 20.4 Å². The topological polar surface area (TPSA) is 54.2 Å². The van der Waals surface area contributed by atoms with Crippen LogP contribution in [-0.2, 0) is 0 Å². The van der Waals surface area contributed by atoms with E-state index in [2.05, 4.69) is 33.3 Å². The number of furan rings is 1. The standard InChI is InChI=1S/C32H24ClN3O2/c1-36(2)25-14-8-21(9-15-25)19-34-35-32-17-26(22-6-4-3-5-7-22)27-16-28-29(23-10-12-24(33)13-11-23)20-37-30(28)18-31(27)38-32/h3-20H,1-2H3/b34-19+,35-32-. The van der Waals surface area contributed by atoms with Crippen LogP contribution in [0.1, 0.15) is 5.56 Å². The van der Waals surface area contributed by atoms with Gasteiger partial charge < -0.3 is 13.7 Å². The van der Waals surface area contributed by atoms with E-state index in [1.165, 1.54) is 0 Å². The lowest BCUT2D eigenvalue weighted by molar-refractivity contribution is 0.537. The van der Waals surface area contributed by atoms with Crippen LogP contribution in [-0.4, -0.2) is 20.3 Å². The van der Waals surface area contributed by atoms with E-state index in [1.54, 1.807) is 12.5 Å². The van der Waals surface area contributed by atoms with Gasteiger partial charge in [-0.3, -0.25) is 0 Å². The smallest absolute Gasteiger partial charge is 0.239 e. The molecule has 4 aromatic carbocycles. The molecule has 38 heavy (non-hydrogen) atoms. The molecule has 0 atom stereocenters. The normalized spacial score (nSPS) is 12.1. The number of halogens is 1. The highest BCUT2D eigenvalue weighted by Crippen LogP contribution is 2.36. The number of hydrogen-bond donors (Lipinski definition) is 0. The van der Waals surface area contributed by atoms with Crippen molar-refractivity contribution in [1.82, 2.24) is 0 Å². The number of hydrogen-bond acceptors (Lipinski definition) is 5. The maximum atomic E-state index is 6.19. The van der Waals surface area contributed by atoms with Crippen molar-refractivity contribution >= 4 is 45.4 Å². The van der Waals surface area contributed by atoms with Gasteiger partial charge in [-0.25, -0.2) is 0 Å². The summed E-state index contributed by atoms with van der Waals surface area (Å²) in [4.78, 5) is 2.05. The fraction of sp³-hybridized carbons (Fsp3) is 0.0625. The Labute approximate surface area is 224 Å². The molecule has 0 unspecified atom stereocenters. The zero-order valence-corrected chi connectivity index (χ0v) is 21.7. The zero-order valence-electron chi connectivity index (χ0n) is 20.9. The summed E-state index contributed by atoms with van der Waals surface area (Å²) in [5.74, 6) is 0. The second-order valence-corrected chi connectivity index (χ2v) is 9.63. The molecule has 0 aliphatic rings. The monoisotopic (exact) mass is 517 g/mol. The van der Waals surface area contributed by atoms with Crippen LogP contribution in [0.5, 0.6) is 0 Å². The molecule has 2 aromatic heterocycles. The Morgan fingerprint density at radius 1 is 0.737 bits per heavy atom. The molecule has 5 nitrogen and oxygen atoms in total. The predicted octanol–water partition coefficient (Wildman–Crippen LogP) is 8.17. The first-order valence-corrected chi connectivity index (χ1v) is 12.6. The molecule has 0 fully saturated rings. The Bertz CT molecular complexity index is 1830. The number of nitrogens with zero attached hydrogens (tertiary/aromatic N) is 3. The van der Waals surface area contributed by atoms with Gasteiger partial charge in [-0.1, -0.05) is 66.2 Å². The van der Waals surface area contributed by atoms with E-state index in [-0.39, 0.29) is 0 Å². The molecule has 0 bridgehead atoms. The van der Waals surface area contributed by atoms with E-state index < -0.39 is 0 Å². The zero-order chi connectivity index (χ0) is 26.1. The Morgan fingerprint density at radius 2 is 1.45 bits per heavy atom. The quantitative estimate of drug-likeness (QED) is 0.171. The van der Waals surface area contributed by atoms with Crippen molar-refractivity contribution in [2.45, 2.75) is 0 Å². The van der Waals surface area contributed by atoms with Gasteiger partial charge in [-0.05, 0) is 52.6 Å². The van der Waals surface area contributed by atoms with Gasteiger partial charge in [0.05, 0.1) is 12.5 Å². The van der Waals surface area contributed by atoms with Crippen LogP contribution in [0.4, 0.5) is 5.69 Å². The van der Waals surface area contributed by atoms with Crippen molar-refractivity contribution in [1.29, 1.82) is 0 Å². The van der Waals surface area contributed by atoms with E-state index >= 15 is 0 Å². The maximum Gasteiger partial charge on any atom is 0.239 e. The van der Waals surface area contributed by atoms with Crippen LogP contribution in [0, 0.1) is 0 Å². The predicted molar refractivity (Wildman–Crippen MR) is 156 cm³/mol. The molecule has 0 radical (unpaired) electrons. The first-order valence-electron chi connectivity index (χ1n) is 12.2. The van der Waals surface area contributed by atoms with Crippen LogP contribution >= 0.6 is 11.6 Å². The molecule has 6 aromatic rings. The molecule has 6 heteroatoms. The largest absolute Gasteiger partial charge is 0.464 e. The molecule has 0 N–H and O–H groups in total. The molecule has 186 valence electrons. The van der Waals surface area contributed by atoms with Crippen molar-refractivity contribution < 1.29 is 8.83 Å². The fourth-order valence-corrected chi connectivity index (χ4v) is 4.59. The third-order valence-corrected chi connectivity index (χ3v) is 6.71. The maximum absolute atomic E-state index is 6.19. The van der Waals surface area contributed by atoms with Crippen LogP contribution in [0.25, 0.3) is 44.2 Å². The van der Waals surface area contributed by atoms with Gasteiger partial charge in [0.1, 0.15) is 11.2 Å². The van der Waals surface area contributed by atoms with Gasteiger partial charge >= 0.3 is 0 Å². The Kier molecular flexibility index (Phi) is 6.28. The lowest BCUT2D eigenvalue weighted by Crippen LogP contribution is -2.08. The molecule has 0 aliphatic carbocycles. The van der Waals surface area contributed by atoms with E-state index in [0.29, 0.717) is 16.2 Å². The Balaban J connectivity index is 1.48. The van der Waals surface area contributed by atoms with Gasteiger partial charge in [0.15, 0.2) is 0 Å². The van der Waals surface area contributed by atoms with E-state index in [9.17, 15) is 0 Å². The molecule has 0 spiro atoms. The summed E-state index contributed by atoms with van der Waals surface area (Å²) in [6.07, 6.45) is 3.49. The minimum Gasteiger partial charge on any atom is -0.464 e. The summed E-state index contributed by atoms with van der Waals surface area (Å²) >= 11 is 6.10. The van der Waals surface area contributed by atoms with E-state index in [1.807, 2.05) is 93.0 Å². The molecule has 0 saturated carbocycles. The second-order valence-electron chi connectivity index (χ2n) is 9.20. The van der Waals surface area contributed by atoms with E-state index in [0.717, 1.165) is 49.9 Å². The van der Waals surface area contributed by atoms with Crippen molar-refractivity contribution in [2.24, 2.45) is 10.2 Å². The Morgan fingerprint density at radius 3 is 2.18 bits per heavy atom. The molecular weight excluding hydrogens is 494 g/mol. The summed E-state index contributed by atoms with van der Waals surface area (Å²) in [6, 6.07) is 32.0. The van der Waals surface area contributed by atoms with Gasteiger partial charge in [-0.15, -0.1) is 5.10 Å².